The van der Waals surface area contributed by atoms with Crippen LogP contribution >= 0.6 is 0 Å². The van der Waals surface area contributed by atoms with E-state index in [1.165, 1.54) is 12.7 Å². The number of aryl methyl sites for hydroxylation is 2. The van der Waals surface area contributed by atoms with Crippen LogP contribution < -0.4 is 5.32 Å². The van der Waals surface area contributed by atoms with Crippen molar-refractivity contribution in [1.82, 2.24) is 24.9 Å². The van der Waals surface area contributed by atoms with Crippen molar-refractivity contribution in [3.63, 3.8) is 0 Å². The minimum Gasteiger partial charge on any atom is -0.468 e. The van der Waals surface area contributed by atoms with E-state index in [2.05, 4.69) is 17.4 Å². The zero-order chi connectivity index (χ0) is 22.5. The van der Waals surface area contributed by atoms with Crippen molar-refractivity contribution < 1.29 is 19.1 Å². The van der Waals surface area contributed by atoms with Gasteiger partial charge in [-0.05, 0) is 18.4 Å². The zero-order valence-electron chi connectivity index (χ0n) is 18.4. The van der Waals surface area contributed by atoms with Gasteiger partial charge in [-0.25, -0.2) is 0 Å². The zero-order valence-corrected chi connectivity index (χ0v) is 18.4. The lowest BCUT2D eigenvalue weighted by atomic mass is 10.0. The van der Waals surface area contributed by atoms with Crippen LogP contribution in [0.2, 0.25) is 0 Å². The van der Waals surface area contributed by atoms with Crippen molar-refractivity contribution in [2.75, 3.05) is 39.8 Å². The Balaban J connectivity index is 1.54. The average Bonchev–Trinajstić information content (AvgIpc) is 3.17. The number of hydrogen-bond acceptors (Lipinski definition) is 6. The third-order valence-electron chi connectivity index (χ3n) is 6.00. The summed E-state index contributed by atoms with van der Waals surface area (Å²) < 4.78 is 6.75. The van der Waals surface area contributed by atoms with Crippen molar-refractivity contribution in [2.45, 2.75) is 32.4 Å². The van der Waals surface area contributed by atoms with Crippen LogP contribution in [-0.2, 0) is 40.3 Å². The molecule has 3 heterocycles. The van der Waals surface area contributed by atoms with E-state index in [9.17, 15) is 14.4 Å². The SMILES string of the molecule is COC(=O)CN1CCc2c(c(C(=O)N3CCNC(=O)C3)nn2CCCc2ccccc2)C1. The number of amides is 2. The van der Waals surface area contributed by atoms with Crippen molar-refractivity contribution in [3.8, 4) is 0 Å². The Labute approximate surface area is 187 Å². The first-order valence-electron chi connectivity index (χ1n) is 11.0. The fraction of sp³-hybridized carbons (Fsp3) is 0.478. The molecular weight excluding hydrogens is 410 g/mol. The highest BCUT2D eigenvalue weighted by atomic mass is 16.5. The van der Waals surface area contributed by atoms with E-state index in [1.54, 1.807) is 4.90 Å². The summed E-state index contributed by atoms with van der Waals surface area (Å²) in [4.78, 5) is 40.4. The van der Waals surface area contributed by atoms with Crippen LogP contribution in [0.15, 0.2) is 30.3 Å². The summed E-state index contributed by atoms with van der Waals surface area (Å²) in [6, 6.07) is 10.3. The second-order valence-electron chi connectivity index (χ2n) is 8.20. The molecule has 1 aromatic carbocycles. The number of esters is 1. The third-order valence-corrected chi connectivity index (χ3v) is 6.00. The van der Waals surface area contributed by atoms with Crippen LogP contribution in [0.5, 0.6) is 0 Å². The molecule has 1 aromatic heterocycles. The summed E-state index contributed by atoms with van der Waals surface area (Å²) in [5.74, 6) is -0.685. The van der Waals surface area contributed by atoms with Crippen LogP contribution in [0.1, 0.15) is 33.7 Å². The number of nitrogens with one attached hydrogen (secondary N) is 1. The van der Waals surface area contributed by atoms with Gasteiger partial charge >= 0.3 is 5.97 Å². The first-order valence-corrected chi connectivity index (χ1v) is 11.0. The van der Waals surface area contributed by atoms with E-state index in [4.69, 9.17) is 9.84 Å². The van der Waals surface area contributed by atoms with Gasteiger partial charge in [-0.2, -0.15) is 5.10 Å². The summed E-state index contributed by atoms with van der Waals surface area (Å²) >= 11 is 0. The molecule has 0 spiro atoms. The number of aromatic nitrogens is 2. The van der Waals surface area contributed by atoms with Crippen LogP contribution in [-0.4, -0.2) is 77.2 Å². The number of benzene rings is 1. The smallest absolute Gasteiger partial charge is 0.319 e. The predicted octanol–water partition coefficient (Wildman–Crippen LogP) is 0.619. The molecule has 4 rings (SSSR count). The lowest BCUT2D eigenvalue weighted by molar-refractivity contribution is -0.142. The van der Waals surface area contributed by atoms with Crippen LogP contribution in [0.3, 0.4) is 0 Å². The molecule has 2 amide bonds. The Morgan fingerprint density at radius 3 is 2.72 bits per heavy atom. The minimum atomic E-state index is -0.302. The van der Waals surface area contributed by atoms with Gasteiger partial charge in [-0.15, -0.1) is 0 Å². The summed E-state index contributed by atoms with van der Waals surface area (Å²) in [5, 5.41) is 7.45. The second-order valence-corrected chi connectivity index (χ2v) is 8.20. The number of carbonyl (C=O) groups is 3. The molecule has 9 heteroatoms. The summed E-state index contributed by atoms with van der Waals surface area (Å²) in [5.41, 5.74) is 3.57. The molecule has 0 unspecified atom stereocenters. The molecular formula is C23H29N5O4. The van der Waals surface area contributed by atoms with Gasteiger partial charge in [0.25, 0.3) is 5.91 Å². The monoisotopic (exact) mass is 439 g/mol. The van der Waals surface area contributed by atoms with Gasteiger partial charge in [0.2, 0.25) is 5.91 Å². The number of piperazine rings is 1. The van der Waals surface area contributed by atoms with Gasteiger partial charge in [0.15, 0.2) is 5.69 Å². The Hall–Kier alpha value is -3.20. The van der Waals surface area contributed by atoms with Crippen molar-refractivity contribution >= 4 is 17.8 Å². The number of hydrogen-bond donors (Lipinski definition) is 1. The molecule has 1 N–H and O–H groups in total. The first-order chi connectivity index (χ1) is 15.5. The standard InChI is InChI=1S/C23H29N5O4/c1-32-21(30)16-26-12-9-19-18(14-26)22(23(31)27-13-10-24-20(29)15-27)25-28(19)11-5-8-17-6-3-2-4-7-17/h2-4,6-7H,5,8-16H2,1H3,(H,24,29). The maximum absolute atomic E-state index is 13.3. The summed E-state index contributed by atoms with van der Waals surface area (Å²) in [6.07, 6.45) is 2.54. The Kier molecular flexibility index (Phi) is 6.84. The molecule has 2 aliphatic rings. The predicted molar refractivity (Wildman–Crippen MR) is 117 cm³/mol. The molecule has 0 aliphatic carbocycles. The van der Waals surface area contributed by atoms with Crippen molar-refractivity contribution in [1.29, 1.82) is 0 Å². The van der Waals surface area contributed by atoms with Gasteiger partial charge < -0.3 is 15.0 Å². The third kappa shape index (κ3) is 4.99. The molecule has 9 nitrogen and oxygen atoms in total. The van der Waals surface area contributed by atoms with E-state index < -0.39 is 0 Å². The van der Waals surface area contributed by atoms with Crippen molar-refractivity contribution in [2.24, 2.45) is 0 Å². The first kappa shape index (κ1) is 22.0. The normalized spacial score (nSPS) is 16.4. The largest absolute Gasteiger partial charge is 0.468 e. The molecule has 1 saturated heterocycles. The van der Waals surface area contributed by atoms with E-state index >= 15 is 0 Å². The molecule has 0 saturated carbocycles. The van der Waals surface area contributed by atoms with Crippen molar-refractivity contribution in [3.05, 3.63) is 52.8 Å². The van der Waals surface area contributed by atoms with Crippen LogP contribution in [0.4, 0.5) is 0 Å². The molecule has 32 heavy (non-hydrogen) atoms. The minimum absolute atomic E-state index is 0.0420. The number of ether oxygens (including phenoxy) is 1. The van der Waals surface area contributed by atoms with Gasteiger partial charge in [-0.1, -0.05) is 30.3 Å². The van der Waals surface area contributed by atoms with Gasteiger partial charge in [0, 0.05) is 50.4 Å². The molecule has 170 valence electrons. The fourth-order valence-corrected chi connectivity index (χ4v) is 4.32. The number of carbonyl (C=O) groups excluding carboxylic acids is 3. The molecule has 0 atom stereocenters. The van der Waals surface area contributed by atoms with Crippen LogP contribution in [0.25, 0.3) is 0 Å². The molecule has 0 bridgehead atoms. The summed E-state index contributed by atoms with van der Waals surface area (Å²) in [6.45, 7) is 3.00. The topological polar surface area (TPSA) is 96.8 Å². The Morgan fingerprint density at radius 1 is 1.16 bits per heavy atom. The van der Waals surface area contributed by atoms with Gasteiger partial charge in [0.1, 0.15) is 0 Å². The number of fused-ring (bicyclic) bond motifs is 1. The van der Waals surface area contributed by atoms with E-state index in [-0.39, 0.29) is 30.9 Å². The second kappa shape index (κ2) is 9.95. The molecule has 2 aliphatic heterocycles. The summed E-state index contributed by atoms with van der Waals surface area (Å²) in [7, 11) is 1.37. The Morgan fingerprint density at radius 2 is 1.97 bits per heavy atom. The van der Waals surface area contributed by atoms with E-state index in [1.807, 2.05) is 27.8 Å². The van der Waals surface area contributed by atoms with E-state index in [0.717, 1.165) is 24.1 Å². The van der Waals surface area contributed by atoms with Gasteiger partial charge in [0.05, 0.1) is 20.2 Å². The number of methoxy groups -OCH3 is 1. The Bertz CT molecular complexity index is 988. The highest BCUT2D eigenvalue weighted by Crippen LogP contribution is 2.24. The molecule has 2 aromatic rings. The maximum Gasteiger partial charge on any atom is 0.319 e. The fourth-order valence-electron chi connectivity index (χ4n) is 4.32. The number of nitrogens with zero attached hydrogens (tertiary/aromatic N) is 4. The lowest BCUT2D eigenvalue weighted by Gasteiger charge is -2.28. The maximum atomic E-state index is 13.3. The average molecular weight is 440 g/mol. The van der Waals surface area contributed by atoms with Crippen LogP contribution in [0, 0.1) is 0 Å². The number of rotatable bonds is 7. The quantitative estimate of drug-likeness (QED) is 0.636. The van der Waals surface area contributed by atoms with Gasteiger partial charge in [-0.3, -0.25) is 24.0 Å². The highest BCUT2D eigenvalue weighted by molar-refractivity contribution is 5.97. The molecule has 0 radical (unpaired) electrons. The van der Waals surface area contributed by atoms with E-state index in [0.29, 0.717) is 44.8 Å². The highest BCUT2D eigenvalue weighted by Gasteiger charge is 2.32. The lowest BCUT2D eigenvalue weighted by Crippen LogP contribution is -2.50. The molecule has 1 fully saturated rings.